The van der Waals surface area contributed by atoms with Gasteiger partial charge in [-0.25, -0.2) is 0 Å². The van der Waals surface area contributed by atoms with Gasteiger partial charge in [-0.05, 0) is 24.0 Å². The fraction of sp³-hybridized carbons (Fsp3) is 0.385. The zero-order valence-electron chi connectivity index (χ0n) is 9.35. The van der Waals surface area contributed by atoms with Crippen molar-refractivity contribution in [1.29, 1.82) is 0 Å². The van der Waals surface area contributed by atoms with Gasteiger partial charge in [0.25, 0.3) is 0 Å². The van der Waals surface area contributed by atoms with Crippen LogP contribution in [0.3, 0.4) is 0 Å². The van der Waals surface area contributed by atoms with Crippen LogP contribution in [0.1, 0.15) is 30.4 Å². The summed E-state index contributed by atoms with van der Waals surface area (Å²) in [6.07, 6.45) is 1.96. The van der Waals surface area contributed by atoms with E-state index in [1.807, 2.05) is 0 Å². The summed E-state index contributed by atoms with van der Waals surface area (Å²) >= 11 is 0. The van der Waals surface area contributed by atoms with E-state index in [1.165, 1.54) is 0 Å². The molecule has 1 aliphatic rings. The van der Waals surface area contributed by atoms with E-state index in [0.29, 0.717) is 24.0 Å². The average molecular weight is 234 g/mol. The van der Waals surface area contributed by atoms with Crippen molar-refractivity contribution in [3.05, 3.63) is 35.4 Å². The van der Waals surface area contributed by atoms with Gasteiger partial charge in [-0.15, -0.1) is 0 Å². The lowest BCUT2D eigenvalue weighted by atomic mass is 9.63. The Labute approximate surface area is 98.9 Å². The van der Waals surface area contributed by atoms with E-state index >= 15 is 0 Å². The van der Waals surface area contributed by atoms with E-state index < -0.39 is 17.4 Å². The fourth-order valence-corrected chi connectivity index (χ4v) is 2.43. The van der Waals surface area contributed by atoms with Gasteiger partial charge in [0.1, 0.15) is 0 Å². The highest BCUT2D eigenvalue weighted by atomic mass is 16.4. The van der Waals surface area contributed by atoms with Crippen LogP contribution in [0.5, 0.6) is 0 Å². The lowest BCUT2D eigenvalue weighted by Crippen LogP contribution is -2.43. The molecule has 1 fully saturated rings. The quantitative estimate of drug-likeness (QED) is 0.833. The Hall–Kier alpha value is -1.84. The molecule has 0 aliphatic heterocycles. The van der Waals surface area contributed by atoms with E-state index in [2.05, 4.69) is 0 Å². The van der Waals surface area contributed by atoms with E-state index in [4.69, 9.17) is 5.11 Å². The van der Waals surface area contributed by atoms with Crippen LogP contribution in [0, 0.1) is 0 Å². The summed E-state index contributed by atoms with van der Waals surface area (Å²) in [5.41, 5.74) is 0.426. The first-order valence-corrected chi connectivity index (χ1v) is 5.60. The standard InChI is InChI=1S/C13H14O4/c14-11(15)8-9-4-1-2-5-10(9)13(12(16)17)6-3-7-13/h1-2,4-5H,3,6-8H2,(H,14,15)(H,16,17). The Morgan fingerprint density at radius 1 is 1.18 bits per heavy atom. The number of carboxylic acids is 2. The number of benzene rings is 1. The first-order valence-electron chi connectivity index (χ1n) is 5.60. The van der Waals surface area contributed by atoms with Gasteiger partial charge < -0.3 is 10.2 Å². The average Bonchev–Trinajstić information content (AvgIpc) is 2.17. The van der Waals surface area contributed by atoms with Crippen molar-refractivity contribution in [3.8, 4) is 0 Å². The van der Waals surface area contributed by atoms with E-state index in [9.17, 15) is 14.7 Å². The first-order chi connectivity index (χ1) is 8.06. The molecule has 0 bridgehead atoms. The molecule has 1 aromatic carbocycles. The molecule has 1 saturated carbocycles. The molecule has 0 atom stereocenters. The van der Waals surface area contributed by atoms with Gasteiger partial charge in [0, 0.05) is 0 Å². The third-order valence-electron chi connectivity index (χ3n) is 3.49. The second kappa shape index (κ2) is 4.20. The molecule has 0 amide bonds. The molecular formula is C13H14O4. The summed E-state index contributed by atoms with van der Waals surface area (Å²) in [6, 6.07) is 6.96. The molecule has 0 unspecified atom stereocenters. The number of hydrogen-bond donors (Lipinski definition) is 2. The minimum atomic E-state index is -0.933. The summed E-state index contributed by atoms with van der Waals surface area (Å²) < 4.78 is 0. The molecule has 0 heterocycles. The maximum Gasteiger partial charge on any atom is 0.314 e. The molecule has 90 valence electrons. The maximum atomic E-state index is 11.4. The highest BCUT2D eigenvalue weighted by molar-refractivity contribution is 5.84. The second-order valence-corrected chi connectivity index (χ2v) is 4.47. The van der Waals surface area contributed by atoms with Crippen molar-refractivity contribution in [2.45, 2.75) is 31.1 Å². The molecule has 0 radical (unpaired) electrons. The minimum absolute atomic E-state index is 0.120. The second-order valence-electron chi connectivity index (χ2n) is 4.47. The van der Waals surface area contributed by atoms with Crippen LogP contribution in [0.25, 0.3) is 0 Å². The number of hydrogen-bond acceptors (Lipinski definition) is 2. The van der Waals surface area contributed by atoms with Crippen LogP contribution in [0.2, 0.25) is 0 Å². The van der Waals surface area contributed by atoms with E-state index in [-0.39, 0.29) is 6.42 Å². The number of aliphatic carboxylic acids is 2. The van der Waals surface area contributed by atoms with Gasteiger partial charge in [0.2, 0.25) is 0 Å². The third-order valence-corrected chi connectivity index (χ3v) is 3.49. The van der Waals surface area contributed by atoms with E-state index in [1.54, 1.807) is 24.3 Å². The minimum Gasteiger partial charge on any atom is -0.481 e. The Morgan fingerprint density at radius 2 is 1.82 bits per heavy atom. The fourth-order valence-electron chi connectivity index (χ4n) is 2.43. The molecule has 2 N–H and O–H groups in total. The third kappa shape index (κ3) is 1.90. The van der Waals surface area contributed by atoms with Crippen molar-refractivity contribution in [2.24, 2.45) is 0 Å². The predicted molar refractivity (Wildman–Crippen MR) is 60.9 cm³/mol. The predicted octanol–water partition coefficient (Wildman–Crippen LogP) is 1.82. The van der Waals surface area contributed by atoms with Crippen molar-refractivity contribution >= 4 is 11.9 Å². The highest BCUT2D eigenvalue weighted by Gasteiger charge is 2.46. The van der Waals surface area contributed by atoms with Crippen LogP contribution in [0.15, 0.2) is 24.3 Å². The molecule has 1 aromatic rings. The molecular weight excluding hydrogens is 220 g/mol. The van der Waals surface area contributed by atoms with Crippen molar-refractivity contribution in [1.82, 2.24) is 0 Å². The molecule has 2 rings (SSSR count). The molecule has 4 nitrogen and oxygen atoms in total. The molecule has 17 heavy (non-hydrogen) atoms. The Balaban J connectivity index is 2.43. The summed E-state index contributed by atoms with van der Waals surface area (Å²) in [6.45, 7) is 0. The Bertz CT molecular complexity index is 460. The molecule has 4 heteroatoms. The number of carbonyl (C=O) groups is 2. The van der Waals surface area contributed by atoms with Crippen LogP contribution in [0.4, 0.5) is 0 Å². The molecule has 0 saturated heterocycles. The Kier molecular flexibility index (Phi) is 2.88. The summed E-state index contributed by atoms with van der Waals surface area (Å²) in [5.74, 6) is -1.78. The van der Waals surface area contributed by atoms with Crippen LogP contribution < -0.4 is 0 Å². The highest BCUT2D eigenvalue weighted by Crippen LogP contribution is 2.45. The SMILES string of the molecule is O=C(O)Cc1ccccc1C1(C(=O)O)CCC1. The normalized spacial score (nSPS) is 17.2. The van der Waals surface area contributed by atoms with Gasteiger partial charge in [-0.2, -0.15) is 0 Å². The van der Waals surface area contributed by atoms with Crippen molar-refractivity contribution < 1.29 is 19.8 Å². The topological polar surface area (TPSA) is 74.6 Å². The van der Waals surface area contributed by atoms with E-state index in [0.717, 1.165) is 6.42 Å². The van der Waals surface area contributed by atoms with Crippen LogP contribution in [-0.2, 0) is 21.4 Å². The van der Waals surface area contributed by atoms with Gasteiger partial charge in [0.15, 0.2) is 0 Å². The van der Waals surface area contributed by atoms with Crippen molar-refractivity contribution in [2.75, 3.05) is 0 Å². The van der Waals surface area contributed by atoms with Crippen molar-refractivity contribution in [3.63, 3.8) is 0 Å². The number of carboxylic acid groups (broad SMARTS) is 2. The van der Waals surface area contributed by atoms with Gasteiger partial charge in [-0.3, -0.25) is 9.59 Å². The Morgan fingerprint density at radius 3 is 2.29 bits per heavy atom. The smallest absolute Gasteiger partial charge is 0.314 e. The summed E-state index contributed by atoms with van der Waals surface area (Å²) in [5, 5.41) is 18.2. The van der Waals surface area contributed by atoms with Crippen LogP contribution >= 0.6 is 0 Å². The molecule has 0 aromatic heterocycles. The van der Waals surface area contributed by atoms with Gasteiger partial charge in [0.05, 0.1) is 11.8 Å². The largest absolute Gasteiger partial charge is 0.481 e. The summed E-state index contributed by atoms with van der Waals surface area (Å²) in [7, 11) is 0. The maximum absolute atomic E-state index is 11.4. The first kappa shape index (κ1) is 11.6. The van der Waals surface area contributed by atoms with Gasteiger partial charge >= 0.3 is 11.9 Å². The summed E-state index contributed by atoms with van der Waals surface area (Å²) in [4.78, 5) is 22.2. The zero-order chi connectivity index (χ0) is 12.5. The van der Waals surface area contributed by atoms with Gasteiger partial charge in [-0.1, -0.05) is 30.7 Å². The zero-order valence-corrected chi connectivity index (χ0v) is 9.35. The number of rotatable bonds is 4. The monoisotopic (exact) mass is 234 g/mol. The molecule has 1 aliphatic carbocycles. The lowest BCUT2D eigenvalue weighted by molar-refractivity contribution is -0.147. The lowest BCUT2D eigenvalue weighted by Gasteiger charge is -2.39. The molecule has 0 spiro atoms. The van der Waals surface area contributed by atoms with Crippen LogP contribution in [-0.4, -0.2) is 22.2 Å².